The molecule has 4 heterocycles. The number of hydrogen-bond acceptors (Lipinski definition) is 10. The number of amides is 1. The highest BCUT2D eigenvalue weighted by atomic mass is 19.1. The summed E-state index contributed by atoms with van der Waals surface area (Å²) < 4.78 is 45.6. The Hall–Kier alpha value is -4.88. The van der Waals surface area contributed by atoms with E-state index in [1.807, 2.05) is 0 Å². The average Bonchev–Trinajstić information content (AvgIpc) is 3.60. The molecule has 1 aliphatic rings. The lowest BCUT2D eigenvalue weighted by atomic mass is 10.2. The van der Waals surface area contributed by atoms with Gasteiger partial charge in [0, 0.05) is 24.7 Å². The lowest BCUT2D eigenvalue weighted by molar-refractivity contribution is -0.135. The van der Waals surface area contributed by atoms with Gasteiger partial charge < -0.3 is 23.8 Å². The number of carbonyl (C=O) groups excluding carboxylic acids is 2. The number of anilines is 1. The maximum atomic E-state index is 14.9. The molecule has 1 unspecified atom stereocenters. The van der Waals surface area contributed by atoms with E-state index >= 15 is 0 Å². The zero-order valence-corrected chi connectivity index (χ0v) is 20.0. The molecule has 0 spiro atoms. The van der Waals surface area contributed by atoms with Crippen molar-refractivity contribution < 1.29 is 32.4 Å². The number of aromatic nitrogens is 5. The van der Waals surface area contributed by atoms with Crippen molar-refractivity contribution in [2.75, 3.05) is 31.6 Å². The fraction of sp³-hybridized carbons (Fsp3) is 0.250. The van der Waals surface area contributed by atoms with E-state index in [4.69, 9.17) is 14.0 Å². The highest BCUT2D eigenvalue weighted by Gasteiger charge is 2.34. The van der Waals surface area contributed by atoms with Gasteiger partial charge in [-0.2, -0.15) is 5.10 Å². The van der Waals surface area contributed by atoms with Crippen molar-refractivity contribution in [3.8, 4) is 22.9 Å². The lowest BCUT2D eigenvalue weighted by Gasteiger charge is -2.39. The fourth-order valence-corrected chi connectivity index (χ4v) is 4.14. The smallest absolute Gasteiger partial charge is 0.409 e. The molecule has 38 heavy (non-hydrogen) atoms. The first kappa shape index (κ1) is 24.8. The van der Waals surface area contributed by atoms with Crippen molar-refractivity contribution in [3.63, 3.8) is 0 Å². The molecule has 0 saturated carbocycles. The molecule has 14 heteroatoms. The number of piperazine rings is 1. The van der Waals surface area contributed by atoms with Crippen molar-refractivity contribution in [2.45, 2.75) is 12.8 Å². The van der Waals surface area contributed by atoms with Gasteiger partial charge >= 0.3 is 6.09 Å². The number of hydrogen-bond donors (Lipinski definition) is 0. The van der Waals surface area contributed by atoms with Crippen LogP contribution >= 0.6 is 0 Å². The summed E-state index contributed by atoms with van der Waals surface area (Å²) in [7, 11) is 1.24. The number of benzene rings is 1. The van der Waals surface area contributed by atoms with E-state index in [1.54, 1.807) is 30.3 Å². The summed E-state index contributed by atoms with van der Waals surface area (Å²) in [4.78, 5) is 34.3. The molecule has 1 atom stereocenters. The predicted molar refractivity (Wildman–Crippen MR) is 126 cm³/mol. The standard InChI is InChI=1S/C24H21F2N7O5/c1-36-24(35)31-7-8-32(21(13-31)37-14-34)23-17(26)11-27-22(28-23)19-10-20(18-6-9-38-30-18)33(29-19)12-15-4-2-3-5-16(15)25/h2-6,9-11,14,21H,7-8,12-13H2,1H3. The monoisotopic (exact) mass is 525 g/mol. The Morgan fingerprint density at radius 1 is 1.18 bits per heavy atom. The van der Waals surface area contributed by atoms with Gasteiger partial charge in [-0.1, -0.05) is 23.4 Å². The molecular weight excluding hydrogens is 504 g/mol. The summed E-state index contributed by atoms with van der Waals surface area (Å²) in [6, 6.07) is 9.54. The normalized spacial score (nSPS) is 15.4. The molecule has 0 aliphatic carbocycles. The van der Waals surface area contributed by atoms with E-state index in [9.17, 15) is 18.4 Å². The van der Waals surface area contributed by atoms with E-state index in [-0.39, 0.29) is 50.0 Å². The van der Waals surface area contributed by atoms with Gasteiger partial charge in [0.15, 0.2) is 23.7 Å². The minimum absolute atomic E-state index is 0.0578. The molecule has 0 bridgehead atoms. The molecule has 1 aromatic carbocycles. The van der Waals surface area contributed by atoms with Crippen LogP contribution in [0, 0.1) is 11.6 Å². The first-order valence-corrected chi connectivity index (χ1v) is 11.4. The van der Waals surface area contributed by atoms with Crippen LogP contribution < -0.4 is 4.90 Å². The largest absolute Gasteiger partial charge is 0.453 e. The molecule has 1 amide bonds. The number of halogens is 2. The molecule has 5 rings (SSSR count). The van der Waals surface area contributed by atoms with Gasteiger partial charge in [-0.3, -0.25) is 9.48 Å². The van der Waals surface area contributed by atoms with Crippen LogP contribution in [0.5, 0.6) is 0 Å². The summed E-state index contributed by atoms with van der Waals surface area (Å²) in [5.41, 5.74) is 1.60. The SMILES string of the molecule is COC(=O)N1CCN(c2nc(-c3cc(-c4ccon4)n(Cc4ccccc4F)n3)ncc2F)C(OC=O)C1. The summed E-state index contributed by atoms with van der Waals surface area (Å²) in [6.07, 6.45) is 0.757. The van der Waals surface area contributed by atoms with Crippen LogP contribution in [0.25, 0.3) is 22.9 Å². The molecule has 4 aromatic rings. The number of rotatable bonds is 7. The van der Waals surface area contributed by atoms with Crippen molar-refractivity contribution in [1.29, 1.82) is 0 Å². The van der Waals surface area contributed by atoms with Crippen LogP contribution in [0.4, 0.5) is 19.4 Å². The topological polar surface area (TPSA) is 129 Å². The van der Waals surface area contributed by atoms with Crippen molar-refractivity contribution in [3.05, 3.63) is 66.1 Å². The Bertz CT molecular complexity index is 1450. The molecule has 3 aromatic heterocycles. The summed E-state index contributed by atoms with van der Waals surface area (Å²) in [6.45, 7) is 0.517. The van der Waals surface area contributed by atoms with Gasteiger partial charge in [0.25, 0.3) is 6.47 Å². The Morgan fingerprint density at radius 2 is 2.03 bits per heavy atom. The maximum absolute atomic E-state index is 14.9. The van der Waals surface area contributed by atoms with Crippen LogP contribution in [-0.4, -0.2) is 75.3 Å². The number of methoxy groups -OCH3 is 1. The van der Waals surface area contributed by atoms with Crippen LogP contribution in [-0.2, 0) is 20.8 Å². The van der Waals surface area contributed by atoms with Crippen LogP contribution in [0.2, 0.25) is 0 Å². The average molecular weight is 525 g/mol. The molecular formula is C24H21F2N7O5. The van der Waals surface area contributed by atoms with Gasteiger partial charge in [0.2, 0.25) is 0 Å². The Kier molecular flexibility index (Phi) is 6.93. The van der Waals surface area contributed by atoms with Gasteiger partial charge in [-0.05, 0) is 12.1 Å². The van der Waals surface area contributed by atoms with E-state index < -0.39 is 24.0 Å². The highest BCUT2D eigenvalue weighted by molar-refractivity contribution is 5.68. The van der Waals surface area contributed by atoms with Crippen molar-refractivity contribution in [1.82, 2.24) is 29.8 Å². The van der Waals surface area contributed by atoms with Gasteiger partial charge in [-0.15, -0.1) is 0 Å². The number of carbonyl (C=O) groups is 2. The van der Waals surface area contributed by atoms with Gasteiger partial charge in [-0.25, -0.2) is 23.5 Å². The molecule has 1 saturated heterocycles. The van der Waals surface area contributed by atoms with Crippen molar-refractivity contribution in [2.24, 2.45) is 0 Å². The summed E-state index contributed by atoms with van der Waals surface area (Å²) in [5, 5.41) is 8.49. The zero-order chi connectivity index (χ0) is 26.6. The van der Waals surface area contributed by atoms with E-state index in [1.165, 1.54) is 33.9 Å². The summed E-state index contributed by atoms with van der Waals surface area (Å²) >= 11 is 0. The minimum Gasteiger partial charge on any atom is -0.453 e. The van der Waals surface area contributed by atoms with Gasteiger partial charge in [0.1, 0.15) is 23.5 Å². The molecule has 12 nitrogen and oxygen atoms in total. The second-order valence-electron chi connectivity index (χ2n) is 8.21. The molecule has 0 N–H and O–H groups in total. The Labute approximate surface area is 214 Å². The minimum atomic E-state index is -1.01. The maximum Gasteiger partial charge on any atom is 0.409 e. The van der Waals surface area contributed by atoms with E-state index in [0.717, 1.165) is 6.20 Å². The van der Waals surface area contributed by atoms with Gasteiger partial charge in [0.05, 0.1) is 32.1 Å². The van der Waals surface area contributed by atoms with Crippen LogP contribution in [0.3, 0.4) is 0 Å². The van der Waals surface area contributed by atoms with Crippen LogP contribution in [0.15, 0.2) is 53.4 Å². The first-order chi connectivity index (χ1) is 18.5. The quantitative estimate of drug-likeness (QED) is 0.332. The molecule has 0 radical (unpaired) electrons. The van der Waals surface area contributed by atoms with Crippen molar-refractivity contribution >= 4 is 18.4 Å². The highest BCUT2D eigenvalue weighted by Crippen LogP contribution is 2.28. The second-order valence-corrected chi connectivity index (χ2v) is 8.21. The summed E-state index contributed by atoms with van der Waals surface area (Å²) in [5.74, 6) is -1.23. The molecule has 1 fully saturated rings. The number of nitrogens with zero attached hydrogens (tertiary/aromatic N) is 7. The molecule has 196 valence electrons. The van der Waals surface area contributed by atoms with Crippen LogP contribution in [0.1, 0.15) is 5.56 Å². The third-order valence-corrected chi connectivity index (χ3v) is 5.97. The first-order valence-electron chi connectivity index (χ1n) is 11.4. The Balaban J connectivity index is 1.50. The molecule has 1 aliphatic heterocycles. The third-order valence-electron chi connectivity index (χ3n) is 5.97. The Morgan fingerprint density at radius 3 is 2.76 bits per heavy atom. The predicted octanol–water partition coefficient (Wildman–Crippen LogP) is 2.71. The fourth-order valence-electron chi connectivity index (χ4n) is 4.14. The third kappa shape index (κ3) is 4.87. The zero-order valence-electron chi connectivity index (χ0n) is 20.0. The van der Waals surface area contributed by atoms with E-state index in [2.05, 4.69) is 20.2 Å². The van der Waals surface area contributed by atoms with E-state index in [0.29, 0.717) is 17.0 Å². The number of ether oxygens (including phenoxy) is 2. The second kappa shape index (κ2) is 10.6. The lowest BCUT2D eigenvalue weighted by Crippen LogP contribution is -2.56.